The average Bonchev–Trinajstić information content (AvgIpc) is 2.74. The molecule has 1 saturated heterocycles. The van der Waals surface area contributed by atoms with Gasteiger partial charge in [0.1, 0.15) is 17.9 Å². The number of hydrazone groups is 1. The predicted molar refractivity (Wildman–Crippen MR) is 78.6 cm³/mol. The van der Waals surface area contributed by atoms with Crippen molar-refractivity contribution in [3.63, 3.8) is 0 Å². The molecule has 1 aromatic carbocycles. The van der Waals surface area contributed by atoms with Crippen LogP contribution in [0, 0.1) is 0 Å². The van der Waals surface area contributed by atoms with Gasteiger partial charge in [0.15, 0.2) is 0 Å². The van der Waals surface area contributed by atoms with Crippen LogP contribution in [-0.4, -0.2) is 41.3 Å². The maximum Gasteiger partial charge on any atom is 0.346 e. The zero-order valence-corrected chi connectivity index (χ0v) is 12.7. The summed E-state index contributed by atoms with van der Waals surface area (Å²) in [6.07, 6.45) is 1.71. The highest BCUT2D eigenvalue weighted by Gasteiger charge is 2.46. The van der Waals surface area contributed by atoms with E-state index < -0.39 is 30.1 Å². The number of benzene rings is 1. The summed E-state index contributed by atoms with van der Waals surface area (Å²) in [5, 5.41) is 17.7. The van der Waals surface area contributed by atoms with Crippen LogP contribution in [-0.2, 0) is 9.59 Å². The first-order chi connectivity index (χ1) is 10.9. The van der Waals surface area contributed by atoms with E-state index in [0.717, 1.165) is 5.01 Å². The number of rotatable bonds is 6. The van der Waals surface area contributed by atoms with E-state index in [-0.39, 0.29) is 5.75 Å². The van der Waals surface area contributed by atoms with Crippen LogP contribution in [0.15, 0.2) is 29.4 Å². The van der Waals surface area contributed by atoms with Gasteiger partial charge in [-0.2, -0.15) is 5.10 Å². The van der Waals surface area contributed by atoms with Gasteiger partial charge < -0.3 is 20.0 Å². The van der Waals surface area contributed by atoms with Crippen LogP contribution in [0.4, 0.5) is 4.79 Å². The van der Waals surface area contributed by atoms with Crippen molar-refractivity contribution in [3.05, 3.63) is 29.8 Å². The third-order valence-corrected chi connectivity index (χ3v) is 3.52. The Hall–Kier alpha value is -2.90. The molecule has 2 rings (SSSR count). The van der Waals surface area contributed by atoms with Gasteiger partial charge in [0.2, 0.25) is 0 Å². The lowest BCUT2D eigenvalue weighted by Gasteiger charge is -2.17. The van der Waals surface area contributed by atoms with Crippen LogP contribution in [0.3, 0.4) is 0 Å². The summed E-state index contributed by atoms with van der Waals surface area (Å²) in [5.41, 5.74) is -0.543. The number of carboxylic acids is 1. The molecule has 1 N–H and O–H groups in total. The molecule has 0 radical (unpaired) electrons. The normalized spacial score (nSPS) is 20.9. The molecule has 1 aliphatic rings. The number of para-hydroxylation sites is 1. The molecule has 0 aliphatic carbocycles. The molecule has 1 fully saturated rings. The zero-order chi connectivity index (χ0) is 17.0. The van der Waals surface area contributed by atoms with Crippen molar-refractivity contribution in [1.82, 2.24) is 10.3 Å². The van der Waals surface area contributed by atoms with Crippen LogP contribution in [0.1, 0.15) is 25.8 Å². The van der Waals surface area contributed by atoms with Crippen molar-refractivity contribution in [3.8, 4) is 5.75 Å². The Kier molecular flexibility index (Phi) is 4.63. The number of carboxylic acid groups (broad SMARTS) is 1. The molecule has 0 aromatic heterocycles. The number of imide groups is 1. The highest BCUT2D eigenvalue weighted by molar-refractivity contribution is 6.07. The van der Waals surface area contributed by atoms with Crippen LogP contribution in [0.2, 0.25) is 0 Å². The number of hydrogen-bond donors (Lipinski definition) is 1. The van der Waals surface area contributed by atoms with Crippen LogP contribution < -0.4 is 15.2 Å². The van der Waals surface area contributed by atoms with E-state index in [0.29, 0.717) is 12.0 Å². The Morgan fingerprint density at radius 1 is 1.43 bits per heavy atom. The fourth-order valence-electron chi connectivity index (χ4n) is 1.99. The largest absolute Gasteiger partial charge is 0.546 e. The quantitative estimate of drug-likeness (QED) is 0.580. The molecular weight excluding hydrogens is 302 g/mol. The molecule has 0 spiro atoms. The SMILES string of the molecule is CC[C@]1(C)NC(=O)N(/N=C\c2ccccc2OCC(=O)[O-])C1=O. The van der Waals surface area contributed by atoms with E-state index in [4.69, 9.17) is 4.74 Å². The second-order valence-corrected chi connectivity index (χ2v) is 5.18. The number of hydrogen-bond acceptors (Lipinski definition) is 6. The van der Waals surface area contributed by atoms with E-state index in [1.54, 1.807) is 38.1 Å². The number of carbonyl (C=O) groups excluding carboxylic acids is 3. The lowest BCUT2D eigenvalue weighted by atomic mass is 10.00. The van der Waals surface area contributed by atoms with Gasteiger partial charge in [0.25, 0.3) is 5.91 Å². The predicted octanol–water partition coefficient (Wildman–Crippen LogP) is -0.130. The average molecular weight is 318 g/mol. The Morgan fingerprint density at radius 3 is 2.74 bits per heavy atom. The van der Waals surface area contributed by atoms with Gasteiger partial charge in [-0.05, 0) is 25.5 Å². The third kappa shape index (κ3) is 3.47. The Morgan fingerprint density at radius 2 is 2.13 bits per heavy atom. The van der Waals surface area contributed by atoms with Crippen molar-refractivity contribution in [2.45, 2.75) is 25.8 Å². The first kappa shape index (κ1) is 16.5. The molecular formula is C15H16N3O5-. The molecule has 8 nitrogen and oxygen atoms in total. The van der Waals surface area contributed by atoms with Crippen molar-refractivity contribution in [2.75, 3.05) is 6.61 Å². The second kappa shape index (κ2) is 6.47. The summed E-state index contributed by atoms with van der Waals surface area (Å²) in [5.74, 6) is -1.55. The number of urea groups is 1. The molecule has 1 atom stereocenters. The molecule has 8 heteroatoms. The van der Waals surface area contributed by atoms with Gasteiger partial charge in [0.05, 0.1) is 12.2 Å². The third-order valence-electron chi connectivity index (χ3n) is 3.52. The number of ether oxygens (including phenoxy) is 1. The molecule has 0 bridgehead atoms. The van der Waals surface area contributed by atoms with Crippen molar-refractivity contribution in [1.29, 1.82) is 0 Å². The fraction of sp³-hybridized carbons (Fsp3) is 0.333. The molecule has 0 saturated carbocycles. The molecule has 122 valence electrons. The molecule has 1 heterocycles. The van der Waals surface area contributed by atoms with Crippen LogP contribution in [0.5, 0.6) is 5.75 Å². The van der Waals surface area contributed by atoms with E-state index in [2.05, 4.69) is 10.4 Å². The van der Waals surface area contributed by atoms with Gasteiger partial charge in [-0.25, -0.2) is 4.79 Å². The van der Waals surface area contributed by atoms with E-state index in [1.807, 2.05) is 0 Å². The monoisotopic (exact) mass is 318 g/mol. The zero-order valence-electron chi connectivity index (χ0n) is 12.7. The number of nitrogens with one attached hydrogen (secondary N) is 1. The first-order valence-electron chi connectivity index (χ1n) is 6.99. The lowest BCUT2D eigenvalue weighted by Crippen LogP contribution is -2.42. The van der Waals surface area contributed by atoms with Gasteiger partial charge in [-0.3, -0.25) is 4.79 Å². The number of amides is 3. The molecule has 1 aromatic rings. The summed E-state index contributed by atoms with van der Waals surface area (Å²) in [6.45, 7) is 2.80. The van der Waals surface area contributed by atoms with Crippen LogP contribution in [0.25, 0.3) is 0 Å². The maximum absolute atomic E-state index is 12.2. The van der Waals surface area contributed by atoms with Gasteiger partial charge in [-0.15, -0.1) is 5.01 Å². The van der Waals surface area contributed by atoms with Crippen molar-refractivity contribution < 1.29 is 24.2 Å². The lowest BCUT2D eigenvalue weighted by molar-refractivity contribution is -0.307. The van der Waals surface area contributed by atoms with E-state index in [1.165, 1.54) is 6.21 Å². The minimum atomic E-state index is -1.36. The Balaban J connectivity index is 2.19. The minimum Gasteiger partial charge on any atom is -0.546 e. The summed E-state index contributed by atoms with van der Waals surface area (Å²) in [7, 11) is 0. The van der Waals surface area contributed by atoms with E-state index in [9.17, 15) is 19.5 Å². The minimum absolute atomic E-state index is 0.255. The molecule has 3 amide bonds. The smallest absolute Gasteiger partial charge is 0.346 e. The molecule has 23 heavy (non-hydrogen) atoms. The topological polar surface area (TPSA) is 111 Å². The fourth-order valence-corrected chi connectivity index (χ4v) is 1.99. The molecule has 0 unspecified atom stereocenters. The van der Waals surface area contributed by atoms with Crippen molar-refractivity contribution in [2.24, 2.45) is 5.10 Å². The summed E-state index contributed by atoms with van der Waals surface area (Å²) in [6, 6.07) is 5.90. The second-order valence-electron chi connectivity index (χ2n) is 5.18. The first-order valence-corrected chi connectivity index (χ1v) is 6.99. The van der Waals surface area contributed by atoms with Crippen molar-refractivity contribution >= 4 is 24.1 Å². The number of aliphatic carboxylic acids is 1. The highest BCUT2D eigenvalue weighted by Crippen LogP contribution is 2.21. The Labute approximate surface area is 132 Å². The maximum atomic E-state index is 12.2. The van der Waals surface area contributed by atoms with Gasteiger partial charge >= 0.3 is 6.03 Å². The van der Waals surface area contributed by atoms with Gasteiger partial charge in [-0.1, -0.05) is 19.1 Å². The number of carbonyl (C=O) groups is 3. The summed E-state index contributed by atoms with van der Waals surface area (Å²) in [4.78, 5) is 34.5. The number of nitrogens with zero attached hydrogens (tertiary/aromatic N) is 2. The standard InChI is InChI=1S/C15H17N3O5/c1-3-15(2)13(21)18(14(22)17-15)16-8-10-6-4-5-7-11(10)23-9-12(19)20/h4-8H,3,9H2,1-2H3,(H,17,22)(H,19,20)/p-1/b16-8-/t15-/m0/s1. The van der Waals surface area contributed by atoms with Crippen LogP contribution >= 0.6 is 0 Å². The Bertz CT molecular complexity index is 673. The summed E-state index contributed by atoms with van der Waals surface area (Å²) < 4.78 is 5.07. The van der Waals surface area contributed by atoms with Gasteiger partial charge in [0, 0.05) is 5.56 Å². The molecule has 1 aliphatic heterocycles. The highest BCUT2D eigenvalue weighted by atomic mass is 16.5. The van der Waals surface area contributed by atoms with E-state index >= 15 is 0 Å². The summed E-state index contributed by atoms with van der Waals surface area (Å²) >= 11 is 0.